The molecule has 0 bridgehead atoms. The second-order valence-electron chi connectivity index (χ2n) is 9.74. The summed E-state index contributed by atoms with van der Waals surface area (Å²) in [7, 11) is 1.64. The van der Waals surface area contributed by atoms with E-state index in [9.17, 15) is 9.59 Å². The van der Waals surface area contributed by atoms with Gasteiger partial charge in [0, 0.05) is 48.6 Å². The third-order valence-electron chi connectivity index (χ3n) is 6.74. The number of anilines is 1. The average molecular weight is 530 g/mol. The van der Waals surface area contributed by atoms with E-state index in [1.807, 2.05) is 41.9 Å². The molecule has 0 spiro atoms. The third-order valence-corrected chi connectivity index (χ3v) is 6.74. The maximum Gasteiger partial charge on any atom is 0.255 e. The summed E-state index contributed by atoms with van der Waals surface area (Å²) >= 11 is 0. The van der Waals surface area contributed by atoms with Crippen molar-refractivity contribution < 1.29 is 9.59 Å². The van der Waals surface area contributed by atoms with Gasteiger partial charge in [0.2, 0.25) is 5.91 Å². The lowest BCUT2D eigenvalue weighted by atomic mass is 10.0. The van der Waals surface area contributed by atoms with E-state index in [1.54, 1.807) is 25.4 Å². The Hall–Kier alpha value is -5.04. The molecule has 7 nitrogen and oxygen atoms in total. The topological polar surface area (TPSA) is 88.9 Å². The van der Waals surface area contributed by atoms with Crippen LogP contribution < -0.4 is 10.6 Å². The first-order valence-corrected chi connectivity index (χ1v) is 13.2. The Labute approximate surface area is 233 Å². The number of aryl methyl sites for hydroxylation is 3. The zero-order valence-corrected chi connectivity index (χ0v) is 22.8. The lowest BCUT2D eigenvalue weighted by molar-refractivity contribution is -0.120. The summed E-state index contributed by atoms with van der Waals surface area (Å²) in [6.07, 6.45) is 2.51. The number of nitrogens with zero attached hydrogens (tertiary/aromatic N) is 3. The molecule has 0 saturated heterocycles. The van der Waals surface area contributed by atoms with Crippen molar-refractivity contribution in [3.63, 3.8) is 0 Å². The minimum atomic E-state index is -0.191. The van der Waals surface area contributed by atoms with E-state index in [2.05, 4.69) is 71.1 Å². The van der Waals surface area contributed by atoms with E-state index in [4.69, 9.17) is 5.10 Å². The molecule has 0 fully saturated rings. The molecule has 2 aromatic heterocycles. The zero-order valence-electron chi connectivity index (χ0n) is 22.8. The molecule has 0 atom stereocenters. The van der Waals surface area contributed by atoms with E-state index in [1.165, 1.54) is 5.56 Å². The quantitative estimate of drug-likeness (QED) is 0.252. The van der Waals surface area contributed by atoms with Crippen LogP contribution in [0.2, 0.25) is 0 Å². The molecule has 7 heteroatoms. The number of hydrogen-bond donors (Lipinski definition) is 2. The molecule has 2 heterocycles. The number of carbonyl (C=O) groups is 2. The van der Waals surface area contributed by atoms with Gasteiger partial charge in [-0.1, -0.05) is 54.1 Å². The van der Waals surface area contributed by atoms with Gasteiger partial charge >= 0.3 is 0 Å². The van der Waals surface area contributed by atoms with Gasteiger partial charge in [0.1, 0.15) is 0 Å². The Kier molecular flexibility index (Phi) is 7.82. The molecule has 40 heavy (non-hydrogen) atoms. The van der Waals surface area contributed by atoms with Gasteiger partial charge in [-0.3, -0.25) is 14.6 Å². The van der Waals surface area contributed by atoms with Gasteiger partial charge in [-0.25, -0.2) is 4.68 Å². The van der Waals surface area contributed by atoms with Gasteiger partial charge in [-0.05, 0) is 67.4 Å². The summed E-state index contributed by atoms with van der Waals surface area (Å²) in [4.78, 5) is 28.7. The second kappa shape index (κ2) is 11.8. The summed E-state index contributed by atoms with van der Waals surface area (Å²) in [6.45, 7) is 3.93. The highest BCUT2D eigenvalue weighted by atomic mass is 16.2. The highest BCUT2D eigenvalue weighted by Gasteiger charge is 2.14. The molecule has 2 N–H and O–H groups in total. The molecular weight excluding hydrogens is 498 g/mol. The Morgan fingerprint density at radius 3 is 2.10 bits per heavy atom. The predicted octanol–water partition coefficient (Wildman–Crippen LogP) is 6.15. The van der Waals surface area contributed by atoms with E-state index in [-0.39, 0.29) is 11.8 Å². The van der Waals surface area contributed by atoms with Crippen LogP contribution in [0.3, 0.4) is 0 Å². The van der Waals surface area contributed by atoms with Gasteiger partial charge in [0.15, 0.2) is 0 Å². The minimum Gasteiger partial charge on any atom is -0.359 e. The number of aromatic nitrogens is 3. The smallest absolute Gasteiger partial charge is 0.255 e. The maximum atomic E-state index is 12.7. The highest BCUT2D eigenvalue weighted by molar-refractivity contribution is 6.04. The summed E-state index contributed by atoms with van der Waals surface area (Å²) in [5.74, 6) is -0.216. The van der Waals surface area contributed by atoms with Crippen LogP contribution in [-0.2, 0) is 11.2 Å². The Balaban J connectivity index is 1.42. The fraction of sp³-hybridized carbons (Fsp3) is 0.152. The minimum absolute atomic E-state index is 0.0250. The molecule has 0 radical (unpaired) electrons. The number of pyridine rings is 1. The predicted molar refractivity (Wildman–Crippen MR) is 158 cm³/mol. The molecule has 0 saturated carbocycles. The van der Waals surface area contributed by atoms with Crippen LogP contribution in [0.25, 0.3) is 28.1 Å². The summed E-state index contributed by atoms with van der Waals surface area (Å²) in [6, 6.07) is 29.9. The average Bonchev–Trinajstić information content (AvgIpc) is 3.41. The number of rotatable bonds is 8. The van der Waals surface area contributed by atoms with Crippen molar-refractivity contribution in [1.29, 1.82) is 0 Å². The first-order chi connectivity index (χ1) is 19.4. The maximum absolute atomic E-state index is 12.7. The first-order valence-electron chi connectivity index (χ1n) is 13.2. The molecule has 0 aliphatic carbocycles. The lowest BCUT2D eigenvalue weighted by Crippen LogP contribution is -2.18. The van der Waals surface area contributed by atoms with Gasteiger partial charge in [0.05, 0.1) is 17.1 Å². The van der Waals surface area contributed by atoms with E-state index in [0.717, 1.165) is 39.5 Å². The number of amides is 2. The molecule has 3 aromatic carbocycles. The Morgan fingerprint density at radius 1 is 0.800 bits per heavy atom. The molecule has 5 aromatic rings. The van der Waals surface area contributed by atoms with Crippen LogP contribution in [0.1, 0.15) is 33.7 Å². The first kappa shape index (κ1) is 26.6. The lowest BCUT2D eigenvalue weighted by Gasteiger charge is -2.11. The third kappa shape index (κ3) is 6.15. The van der Waals surface area contributed by atoms with Crippen LogP contribution in [0, 0.1) is 13.8 Å². The number of carbonyl (C=O) groups excluding carboxylic acids is 2. The van der Waals surface area contributed by atoms with Crippen molar-refractivity contribution in [1.82, 2.24) is 20.1 Å². The van der Waals surface area contributed by atoms with Gasteiger partial charge in [-0.15, -0.1) is 0 Å². The van der Waals surface area contributed by atoms with Crippen LogP contribution in [0.5, 0.6) is 0 Å². The second-order valence-corrected chi connectivity index (χ2v) is 9.74. The SMILES string of the molecule is CNC(=O)CCc1cc(-c2ccc(-c3ccc(C)cc3)cc2)n(-c2ccc(NC(=O)c3ccnc(C)c3)cc2)n1. The molecule has 0 unspecified atom stereocenters. The van der Waals surface area contributed by atoms with Crippen molar-refractivity contribution in [2.24, 2.45) is 0 Å². The van der Waals surface area contributed by atoms with Crippen LogP contribution in [-0.4, -0.2) is 33.6 Å². The standard InChI is InChI=1S/C33H31N5O2/c1-22-4-6-24(7-5-22)25-8-10-26(11-9-25)31-21-29(14-17-32(39)34-3)37-38(31)30-15-12-28(13-16-30)36-33(40)27-18-19-35-23(2)20-27/h4-13,15-16,18-21H,14,17H2,1-3H3,(H,34,39)(H,36,40). The van der Waals surface area contributed by atoms with Gasteiger partial charge < -0.3 is 10.6 Å². The number of nitrogens with one attached hydrogen (secondary N) is 2. The van der Waals surface area contributed by atoms with Crippen molar-refractivity contribution >= 4 is 17.5 Å². The number of hydrogen-bond acceptors (Lipinski definition) is 4. The molecule has 200 valence electrons. The van der Waals surface area contributed by atoms with Gasteiger partial charge in [0.25, 0.3) is 5.91 Å². The summed E-state index contributed by atoms with van der Waals surface area (Å²) < 4.78 is 1.89. The Bertz CT molecular complexity index is 1640. The molecule has 0 aliphatic heterocycles. The fourth-order valence-corrected chi connectivity index (χ4v) is 4.48. The summed E-state index contributed by atoms with van der Waals surface area (Å²) in [5.41, 5.74) is 9.16. The van der Waals surface area contributed by atoms with Crippen molar-refractivity contribution in [2.45, 2.75) is 26.7 Å². The number of benzene rings is 3. The van der Waals surface area contributed by atoms with Gasteiger partial charge in [-0.2, -0.15) is 5.10 Å². The van der Waals surface area contributed by atoms with Crippen molar-refractivity contribution in [3.05, 3.63) is 120 Å². The zero-order chi connectivity index (χ0) is 28.1. The van der Waals surface area contributed by atoms with E-state index >= 15 is 0 Å². The van der Waals surface area contributed by atoms with Crippen LogP contribution in [0.15, 0.2) is 97.2 Å². The van der Waals surface area contributed by atoms with Crippen LogP contribution >= 0.6 is 0 Å². The fourth-order valence-electron chi connectivity index (χ4n) is 4.48. The normalized spacial score (nSPS) is 10.8. The van der Waals surface area contributed by atoms with Crippen molar-refractivity contribution in [3.8, 4) is 28.1 Å². The summed E-state index contributed by atoms with van der Waals surface area (Å²) in [5, 5.41) is 10.5. The molecule has 5 rings (SSSR count). The largest absolute Gasteiger partial charge is 0.359 e. The molecular formula is C33H31N5O2. The highest BCUT2D eigenvalue weighted by Crippen LogP contribution is 2.28. The van der Waals surface area contributed by atoms with E-state index < -0.39 is 0 Å². The monoisotopic (exact) mass is 529 g/mol. The van der Waals surface area contributed by atoms with Crippen LogP contribution in [0.4, 0.5) is 5.69 Å². The Morgan fingerprint density at radius 2 is 1.45 bits per heavy atom. The van der Waals surface area contributed by atoms with E-state index in [0.29, 0.717) is 24.1 Å². The van der Waals surface area contributed by atoms with Crippen molar-refractivity contribution in [2.75, 3.05) is 12.4 Å². The molecule has 2 amide bonds. The molecule has 0 aliphatic rings.